The fourth-order valence-corrected chi connectivity index (χ4v) is 2.23. The zero-order chi connectivity index (χ0) is 13.5. The lowest BCUT2D eigenvalue weighted by Crippen LogP contribution is -2.87. The van der Waals surface area contributed by atoms with Gasteiger partial charge in [-0.15, -0.1) is 0 Å². The van der Waals surface area contributed by atoms with Crippen molar-refractivity contribution in [2.45, 2.75) is 25.9 Å². The number of nitrogens with two attached hydrogens (primary N) is 1. The Labute approximate surface area is 114 Å². The van der Waals surface area contributed by atoms with E-state index in [0.29, 0.717) is 18.6 Å². The molecule has 0 aliphatic carbocycles. The third-order valence-electron chi connectivity index (χ3n) is 3.37. The predicted molar refractivity (Wildman–Crippen MR) is 71.7 cm³/mol. The average Bonchev–Trinajstić information content (AvgIpc) is 2.91. The summed E-state index contributed by atoms with van der Waals surface area (Å²) in [7, 11) is 0. The third-order valence-corrected chi connectivity index (χ3v) is 3.37. The van der Waals surface area contributed by atoms with E-state index < -0.39 is 0 Å². The van der Waals surface area contributed by atoms with E-state index >= 15 is 0 Å². The molecule has 1 saturated heterocycles. The molecule has 3 nitrogen and oxygen atoms in total. The maximum Gasteiger partial charge on any atom is 0.123 e. The van der Waals surface area contributed by atoms with Crippen LogP contribution in [0, 0.1) is 11.7 Å². The molecule has 1 aromatic rings. The van der Waals surface area contributed by atoms with Crippen LogP contribution in [0.5, 0.6) is 5.75 Å². The first-order valence-electron chi connectivity index (χ1n) is 7.05. The zero-order valence-corrected chi connectivity index (χ0v) is 11.5. The summed E-state index contributed by atoms with van der Waals surface area (Å²) in [6.07, 6.45) is 2.82. The van der Waals surface area contributed by atoms with Crippen LogP contribution in [0.25, 0.3) is 0 Å². The van der Waals surface area contributed by atoms with Crippen LogP contribution in [-0.2, 0) is 4.74 Å². The molecule has 1 heterocycles. The van der Waals surface area contributed by atoms with Gasteiger partial charge in [0.05, 0.1) is 13.2 Å². The maximum absolute atomic E-state index is 12.7. The molecule has 106 valence electrons. The summed E-state index contributed by atoms with van der Waals surface area (Å²) in [5.41, 5.74) is 0. The van der Waals surface area contributed by atoms with Gasteiger partial charge in [0.2, 0.25) is 0 Å². The summed E-state index contributed by atoms with van der Waals surface area (Å²) in [5, 5.41) is 2.30. The van der Waals surface area contributed by atoms with Crippen LogP contribution >= 0.6 is 0 Å². The van der Waals surface area contributed by atoms with E-state index in [0.717, 1.165) is 25.4 Å². The molecule has 4 heteroatoms. The normalized spacial score (nSPS) is 20.4. The molecule has 1 aliphatic heterocycles. The summed E-state index contributed by atoms with van der Waals surface area (Å²) in [6, 6.07) is 6.17. The minimum absolute atomic E-state index is 0.231. The molecule has 1 aromatic carbocycles. The number of ether oxygens (including phenoxy) is 2. The van der Waals surface area contributed by atoms with Gasteiger partial charge in [-0.1, -0.05) is 6.92 Å². The summed E-state index contributed by atoms with van der Waals surface area (Å²) >= 11 is 0. The van der Waals surface area contributed by atoms with Crippen LogP contribution in [0.1, 0.15) is 19.8 Å². The minimum Gasteiger partial charge on any atom is -0.493 e. The fourth-order valence-electron chi connectivity index (χ4n) is 2.23. The lowest BCUT2D eigenvalue weighted by Gasteiger charge is -2.13. The van der Waals surface area contributed by atoms with E-state index in [1.807, 2.05) is 0 Å². The predicted octanol–water partition coefficient (Wildman–Crippen LogP) is 1.58. The highest BCUT2D eigenvalue weighted by molar-refractivity contribution is 5.21. The first kappa shape index (κ1) is 14.3. The second-order valence-corrected chi connectivity index (χ2v) is 5.27. The molecule has 2 N–H and O–H groups in total. The number of hydrogen-bond acceptors (Lipinski definition) is 2. The fraction of sp³-hybridized carbons (Fsp3) is 0.600. The number of benzene rings is 1. The van der Waals surface area contributed by atoms with Gasteiger partial charge in [-0.3, -0.25) is 0 Å². The van der Waals surface area contributed by atoms with Crippen LogP contribution < -0.4 is 10.1 Å². The van der Waals surface area contributed by atoms with Gasteiger partial charge >= 0.3 is 0 Å². The van der Waals surface area contributed by atoms with Gasteiger partial charge in [0.15, 0.2) is 0 Å². The zero-order valence-electron chi connectivity index (χ0n) is 11.5. The van der Waals surface area contributed by atoms with E-state index in [1.54, 1.807) is 12.1 Å². The molecular formula is C15H23FNO2+. The molecule has 2 rings (SSSR count). The number of quaternary nitrogens is 1. The van der Waals surface area contributed by atoms with Gasteiger partial charge in [0.1, 0.15) is 24.2 Å². The minimum atomic E-state index is -0.231. The largest absolute Gasteiger partial charge is 0.493 e. The highest BCUT2D eigenvalue weighted by Gasteiger charge is 2.17. The third kappa shape index (κ3) is 5.17. The highest BCUT2D eigenvalue weighted by atomic mass is 19.1. The first-order valence-corrected chi connectivity index (χ1v) is 7.05. The van der Waals surface area contributed by atoms with Crippen molar-refractivity contribution in [3.8, 4) is 5.75 Å². The quantitative estimate of drug-likeness (QED) is 0.815. The van der Waals surface area contributed by atoms with Crippen LogP contribution in [0.4, 0.5) is 4.39 Å². The van der Waals surface area contributed by atoms with Gasteiger partial charge in [0, 0.05) is 12.5 Å². The van der Waals surface area contributed by atoms with Gasteiger partial charge in [-0.2, -0.15) is 0 Å². The van der Waals surface area contributed by atoms with Crippen molar-refractivity contribution in [3.63, 3.8) is 0 Å². The van der Waals surface area contributed by atoms with Crippen molar-refractivity contribution in [2.75, 3.05) is 26.3 Å². The van der Waals surface area contributed by atoms with E-state index in [4.69, 9.17) is 9.47 Å². The van der Waals surface area contributed by atoms with E-state index in [1.165, 1.54) is 25.0 Å². The monoisotopic (exact) mass is 268 g/mol. The Morgan fingerprint density at radius 3 is 2.89 bits per heavy atom. The van der Waals surface area contributed by atoms with Crippen molar-refractivity contribution in [2.24, 2.45) is 5.92 Å². The molecule has 0 bridgehead atoms. The molecular weight excluding hydrogens is 245 g/mol. The first-order chi connectivity index (χ1) is 9.24. The van der Waals surface area contributed by atoms with Crippen molar-refractivity contribution >= 4 is 0 Å². The Morgan fingerprint density at radius 2 is 2.21 bits per heavy atom. The van der Waals surface area contributed by atoms with Crippen LogP contribution in [-0.4, -0.2) is 32.4 Å². The van der Waals surface area contributed by atoms with Gasteiger partial charge in [-0.05, 0) is 37.1 Å². The molecule has 2 atom stereocenters. The highest BCUT2D eigenvalue weighted by Crippen LogP contribution is 2.12. The van der Waals surface area contributed by atoms with Crippen LogP contribution in [0.15, 0.2) is 24.3 Å². The average molecular weight is 268 g/mol. The van der Waals surface area contributed by atoms with Crippen LogP contribution in [0.3, 0.4) is 0 Å². The van der Waals surface area contributed by atoms with Crippen molar-refractivity contribution in [1.29, 1.82) is 0 Å². The lowest BCUT2D eigenvalue weighted by atomic mass is 10.2. The smallest absolute Gasteiger partial charge is 0.123 e. The Bertz CT molecular complexity index is 363. The molecule has 0 amide bonds. The van der Waals surface area contributed by atoms with Crippen molar-refractivity contribution in [3.05, 3.63) is 30.1 Å². The molecule has 0 spiro atoms. The summed E-state index contributed by atoms with van der Waals surface area (Å²) in [4.78, 5) is 0. The Morgan fingerprint density at radius 1 is 1.42 bits per heavy atom. The van der Waals surface area contributed by atoms with Gasteiger partial charge in [0.25, 0.3) is 0 Å². The Balaban J connectivity index is 1.58. The molecule has 0 radical (unpaired) electrons. The summed E-state index contributed by atoms with van der Waals surface area (Å²) < 4.78 is 23.9. The van der Waals surface area contributed by atoms with E-state index in [-0.39, 0.29) is 5.82 Å². The van der Waals surface area contributed by atoms with Gasteiger partial charge in [-0.25, -0.2) is 4.39 Å². The SMILES string of the molecule is C[C@@H](C[NH2+]C[C@H]1CCCO1)COc1ccc(F)cc1. The Kier molecular flexibility index (Phi) is 5.61. The van der Waals surface area contributed by atoms with E-state index in [9.17, 15) is 4.39 Å². The molecule has 0 aromatic heterocycles. The molecule has 0 unspecified atom stereocenters. The topological polar surface area (TPSA) is 35.1 Å². The summed E-state index contributed by atoms with van der Waals surface area (Å²) in [6.45, 7) is 5.81. The standard InChI is InChI=1S/C15H22FNO2/c1-12(9-17-10-15-3-2-8-18-15)11-19-14-6-4-13(16)5-7-14/h4-7,12,15,17H,2-3,8-11H2,1H3/p+1/t12-,15+/m0/s1. The molecule has 1 aliphatic rings. The van der Waals surface area contributed by atoms with Gasteiger partial charge < -0.3 is 14.8 Å². The second-order valence-electron chi connectivity index (χ2n) is 5.27. The molecule has 1 fully saturated rings. The van der Waals surface area contributed by atoms with E-state index in [2.05, 4.69) is 12.2 Å². The maximum atomic E-state index is 12.7. The van der Waals surface area contributed by atoms with Crippen LogP contribution in [0.2, 0.25) is 0 Å². The number of halogens is 1. The lowest BCUT2D eigenvalue weighted by molar-refractivity contribution is -0.665. The Hall–Kier alpha value is -1.13. The number of hydrogen-bond donors (Lipinski definition) is 1. The second kappa shape index (κ2) is 7.46. The molecule has 19 heavy (non-hydrogen) atoms. The van der Waals surface area contributed by atoms with Crippen molar-refractivity contribution < 1.29 is 19.2 Å². The molecule has 0 saturated carbocycles. The number of rotatable bonds is 7. The van der Waals surface area contributed by atoms with Crippen molar-refractivity contribution in [1.82, 2.24) is 0 Å². The summed E-state index contributed by atoms with van der Waals surface area (Å²) in [5.74, 6) is 0.962.